The number of ether oxygens (including phenoxy) is 2. The van der Waals surface area contributed by atoms with Gasteiger partial charge < -0.3 is 19.1 Å². The normalized spacial score (nSPS) is 12.1. The molecule has 0 fully saturated rings. The van der Waals surface area contributed by atoms with Gasteiger partial charge in [0.05, 0.1) is 33.0 Å². The lowest BCUT2D eigenvalue weighted by atomic mass is 10.2. The largest absolute Gasteiger partial charge is 0.496 e. The van der Waals surface area contributed by atoms with Gasteiger partial charge in [-0.05, 0) is 6.07 Å². The Bertz CT molecular complexity index is 786. The Labute approximate surface area is 147 Å². The van der Waals surface area contributed by atoms with Crippen LogP contribution in [0.1, 0.15) is 5.56 Å². The maximum atomic E-state index is 10.3. The van der Waals surface area contributed by atoms with Crippen LogP contribution in [0.25, 0.3) is 11.4 Å². The molecule has 5 heteroatoms. The highest BCUT2D eigenvalue weighted by Gasteiger charge is 2.11. The standard InChI is InChI=1S/C20H22N2O3/c1-24-19-10-6-5-9-17(19)14-25-15-18(23)13-22-12-11-21-20(22)16-7-3-2-4-8-16/h2-12,18,23H,13-15H2,1H3/t18-/m1/s1. The van der Waals surface area contributed by atoms with E-state index in [1.807, 2.05) is 65.4 Å². The van der Waals surface area contributed by atoms with E-state index in [9.17, 15) is 5.11 Å². The molecule has 0 saturated carbocycles. The van der Waals surface area contributed by atoms with E-state index in [-0.39, 0.29) is 6.61 Å². The van der Waals surface area contributed by atoms with E-state index >= 15 is 0 Å². The van der Waals surface area contributed by atoms with Crippen molar-refractivity contribution >= 4 is 0 Å². The molecule has 1 heterocycles. The highest BCUT2D eigenvalue weighted by Crippen LogP contribution is 2.19. The SMILES string of the molecule is COc1ccccc1COC[C@H](O)Cn1ccnc1-c1ccccc1. The zero-order valence-electron chi connectivity index (χ0n) is 14.2. The number of rotatable bonds is 8. The van der Waals surface area contributed by atoms with E-state index in [1.165, 1.54) is 0 Å². The molecule has 3 rings (SSSR count). The molecule has 0 aliphatic rings. The second-order valence-electron chi connectivity index (χ2n) is 5.75. The van der Waals surface area contributed by atoms with Crippen molar-refractivity contribution in [1.82, 2.24) is 9.55 Å². The molecule has 0 radical (unpaired) electrons. The van der Waals surface area contributed by atoms with Crippen LogP contribution in [0.3, 0.4) is 0 Å². The average Bonchev–Trinajstić information content (AvgIpc) is 3.11. The van der Waals surface area contributed by atoms with Crippen molar-refractivity contribution in [3.8, 4) is 17.1 Å². The molecule has 1 atom stereocenters. The number of hydrogen-bond donors (Lipinski definition) is 1. The van der Waals surface area contributed by atoms with Gasteiger partial charge in [-0.1, -0.05) is 48.5 Å². The molecule has 0 spiro atoms. The molecule has 1 aromatic heterocycles. The Hall–Kier alpha value is -2.63. The van der Waals surface area contributed by atoms with Crippen LogP contribution in [-0.4, -0.2) is 34.5 Å². The summed E-state index contributed by atoms with van der Waals surface area (Å²) >= 11 is 0. The fraction of sp³-hybridized carbons (Fsp3) is 0.250. The van der Waals surface area contributed by atoms with E-state index in [0.717, 1.165) is 22.7 Å². The van der Waals surface area contributed by atoms with Crippen molar-refractivity contribution in [2.24, 2.45) is 0 Å². The van der Waals surface area contributed by atoms with Gasteiger partial charge in [-0.25, -0.2) is 4.98 Å². The number of methoxy groups -OCH3 is 1. The summed E-state index contributed by atoms with van der Waals surface area (Å²) in [5, 5.41) is 10.3. The van der Waals surface area contributed by atoms with Crippen LogP contribution < -0.4 is 4.74 Å². The minimum absolute atomic E-state index is 0.241. The highest BCUT2D eigenvalue weighted by molar-refractivity contribution is 5.55. The predicted octanol–water partition coefficient (Wildman–Crippen LogP) is 3.14. The van der Waals surface area contributed by atoms with Crippen molar-refractivity contribution in [1.29, 1.82) is 0 Å². The predicted molar refractivity (Wildman–Crippen MR) is 96.3 cm³/mol. The van der Waals surface area contributed by atoms with Gasteiger partial charge in [0.2, 0.25) is 0 Å². The molecule has 0 saturated heterocycles. The molecule has 25 heavy (non-hydrogen) atoms. The molecule has 0 amide bonds. The van der Waals surface area contributed by atoms with Crippen molar-refractivity contribution < 1.29 is 14.6 Å². The first-order chi connectivity index (χ1) is 12.3. The summed E-state index contributed by atoms with van der Waals surface area (Å²) in [6.45, 7) is 1.07. The fourth-order valence-electron chi connectivity index (χ4n) is 2.71. The topological polar surface area (TPSA) is 56.5 Å². The summed E-state index contributed by atoms with van der Waals surface area (Å²) in [6, 6.07) is 17.6. The minimum atomic E-state index is -0.619. The molecule has 0 unspecified atom stereocenters. The molecule has 5 nitrogen and oxygen atoms in total. The summed E-state index contributed by atoms with van der Waals surface area (Å²) in [4.78, 5) is 4.38. The zero-order chi connectivity index (χ0) is 17.5. The van der Waals surface area contributed by atoms with E-state index in [4.69, 9.17) is 9.47 Å². The molecule has 0 aliphatic carbocycles. The fourth-order valence-corrected chi connectivity index (χ4v) is 2.71. The van der Waals surface area contributed by atoms with Crippen LogP contribution in [-0.2, 0) is 17.9 Å². The molecule has 3 aromatic rings. The first kappa shape index (κ1) is 17.2. The lowest BCUT2D eigenvalue weighted by molar-refractivity contribution is 0.0200. The van der Waals surface area contributed by atoms with Gasteiger partial charge in [0.1, 0.15) is 11.6 Å². The van der Waals surface area contributed by atoms with Crippen LogP contribution in [0.4, 0.5) is 0 Å². The number of nitrogens with zero attached hydrogens (tertiary/aromatic N) is 2. The molecular weight excluding hydrogens is 316 g/mol. The van der Waals surface area contributed by atoms with Crippen molar-refractivity contribution in [2.45, 2.75) is 19.3 Å². The Morgan fingerprint density at radius 2 is 1.84 bits per heavy atom. The van der Waals surface area contributed by atoms with Crippen molar-refractivity contribution in [3.63, 3.8) is 0 Å². The minimum Gasteiger partial charge on any atom is -0.496 e. The summed E-state index contributed by atoms with van der Waals surface area (Å²) < 4.78 is 12.9. The third kappa shape index (κ3) is 4.47. The molecule has 130 valence electrons. The van der Waals surface area contributed by atoms with E-state index in [1.54, 1.807) is 13.3 Å². The van der Waals surface area contributed by atoms with Crippen molar-refractivity contribution in [2.75, 3.05) is 13.7 Å². The molecule has 1 N–H and O–H groups in total. The van der Waals surface area contributed by atoms with Crippen LogP contribution >= 0.6 is 0 Å². The van der Waals surface area contributed by atoms with Crippen LogP contribution in [0.2, 0.25) is 0 Å². The quantitative estimate of drug-likeness (QED) is 0.685. The monoisotopic (exact) mass is 338 g/mol. The molecular formula is C20H22N2O3. The van der Waals surface area contributed by atoms with E-state index in [0.29, 0.717) is 13.2 Å². The first-order valence-corrected chi connectivity index (χ1v) is 8.22. The third-order valence-corrected chi connectivity index (χ3v) is 3.92. The van der Waals surface area contributed by atoms with Crippen LogP contribution in [0.15, 0.2) is 67.0 Å². The first-order valence-electron chi connectivity index (χ1n) is 8.22. The lowest BCUT2D eigenvalue weighted by Gasteiger charge is -2.15. The number of para-hydroxylation sites is 1. The van der Waals surface area contributed by atoms with Gasteiger partial charge in [0, 0.05) is 23.5 Å². The number of aliphatic hydroxyl groups excluding tert-OH is 1. The van der Waals surface area contributed by atoms with Gasteiger partial charge in [0.15, 0.2) is 0 Å². The highest BCUT2D eigenvalue weighted by atomic mass is 16.5. The van der Waals surface area contributed by atoms with Crippen LogP contribution in [0, 0.1) is 0 Å². The van der Waals surface area contributed by atoms with Gasteiger partial charge in [0.25, 0.3) is 0 Å². The second kappa shape index (κ2) is 8.46. The zero-order valence-corrected chi connectivity index (χ0v) is 14.2. The summed E-state index contributed by atoms with van der Waals surface area (Å²) in [5.74, 6) is 1.63. The number of aliphatic hydroxyl groups is 1. The number of imidazole rings is 1. The maximum absolute atomic E-state index is 10.3. The van der Waals surface area contributed by atoms with Crippen LogP contribution in [0.5, 0.6) is 5.75 Å². The van der Waals surface area contributed by atoms with E-state index < -0.39 is 6.10 Å². The Morgan fingerprint density at radius 3 is 2.64 bits per heavy atom. The molecule has 0 aliphatic heterocycles. The molecule has 0 bridgehead atoms. The summed E-state index contributed by atoms with van der Waals surface area (Å²) in [6.07, 6.45) is 2.99. The number of benzene rings is 2. The maximum Gasteiger partial charge on any atom is 0.139 e. The lowest BCUT2D eigenvalue weighted by Crippen LogP contribution is -2.22. The molecule has 2 aromatic carbocycles. The van der Waals surface area contributed by atoms with Crippen molar-refractivity contribution in [3.05, 3.63) is 72.6 Å². The summed E-state index contributed by atoms with van der Waals surface area (Å²) in [5.41, 5.74) is 1.99. The smallest absolute Gasteiger partial charge is 0.139 e. The van der Waals surface area contributed by atoms with Gasteiger partial charge in [-0.15, -0.1) is 0 Å². The van der Waals surface area contributed by atoms with Gasteiger partial charge >= 0.3 is 0 Å². The number of aromatic nitrogens is 2. The Morgan fingerprint density at radius 1 is 1.08 bits per heavy atom. The third-order valence-electron chi connectivity index (χ3n) is 3.92. The summed E-state index contributed by atoms with van der Waals surface area (Å²) in [7, 11) is 1.64. The van der Waals surface area contributed by atoms with E-state index in [2.05, 4.69) is 4.98 Å². The Balaban J connectivity index is 1.55. The second-order valence-corrected chi connectivity index (χ2v) is 5.75. The number of hydrogen-bond acceptors (Lipinski definition) is 4. The van der Waals surface area contributed by atoms with Gasteiger partial charge in [-0.2, -0.15) is 0 Å². The van der Waals surface area contributed by atoms with Gasteiger partial charge in [-0.3, -0.25) is 0 Å². The Kier molecular flexibility index (Phi) is 5.82. The average molecular weight is 338 g/mol.